The quantitative estimate of drug-likeness (QED) is 0.860. The van der Waals surface area contributed by atoms with Gasteiger partial charge in [-0.1, -0.05) is 12.8 Å². The molecule has 0 aliphatic carbocycles. The minimum Gasteiger partial charge on any atom is -0.480 e. The number of nitrogens with one attached hydrogen (secondary N) is 1. The second kappa shape index (κ2) is 8.03. The van der Waals surface area contributed by atoms with Crippen LogP contribution in [0.5, 0.6) is 0 Å². The molecule has 1 fully saturated rings. The lowest BCUT2D eigenvalue weighted by Crippen LogP contribution is -2.39. The van der Waals surface area contributed by atoms with E-state index in [1.54, 1.807) is 33.9 Å². The first kappa shape index (κ1) is 18.0. The lowest BCUT2D eigenvalue weighted by molar-refractivity contribution is -0.137. The van der Waals surface area contributed by atoms with Gasteiger partial charge >= 0.3 is 5.97 Å². The maximum atomic E-state index is 12.3. The van der Waals surface area contributed by atoms with E-state index in [1.165, 1.54) is 0 Å². The third-order valence-corrected chi connectivity index (χ3v) is 4.62. The summed E-state index contributed by atoms with van der Waals surface area (Å²) >= 11 is 0. The molecule has 26 heavy (non-hydrogen) atoms. The molecule has 7 nitrogen and oxygen atoms in total. The van der Waals surface area contributed by atoms with Crippen LogP contribution in [-0.2, 0) is 20.9 Å². The summed E-state index contributed by atoms with van der Waals surface area (Å²) in [7, 11) is 0. The van der Waals surface area contributed by atoms with Gasteiger partial charge in [0, 0.05) is 35.8 Å². The molecule has 1 saturated heterocycles. The van der Waals surface area contributed by atoms with Crippen molar-refractivity contribution in [1.29, 1.82) is 0 Å². The van der Waals surface area contributed by atoms with Crippen LogP contribution in [0.25, 0.3) is 10.9 Å². The van der Waals surface area contributed by atoms with Gasteiger partial charge in [0.1, 0.15) is 6.54 Å². The predicted octanol–water partition coefficient (Wildman–Crippen LogP) is 2.46. The fraction of sp³-hybridized carbons (Fsp3) is 0.421. The van der Waals surface area contributed by atoms with E-state index in [2.05, 4.69) is 5.32 Å². The number of carboxylic acid groups (broad SMARTS) is 1. The van der Waals surface area contributed by atoms with Crippen LogP contribution in [-0.4, -0.2) is 45.4 Å². The van der Waals surface area contributed by atoms with Crippen molar-refractivity contribution in [3.8, 4) is 0 Å². The summed E-state index contributed by atoms with van der Waals surface area (Å²) in [5.74, 6) is -1.08. The summed E-state index contributed by atoms with van der Waals surface area (Å²) in [5, 5.41) is 12.6. The Morgan fingerprint density at radius 3 is 2.69 bits per heavy atom. The van der Waals surface area contributed by atoms with E-state index in [0.717, 1.165) is 36.6 Å². The summed E-state index contributed by atoms with van der Waals surface area (Å²) in [6, 6.07) is 7.15. The Bertz CT molecular complexity index is 827. The number of carbonyl (C=O) groups is 3. The zero-order chi connectivity index (χ0) is 18.5. The van der Waals surface area contributed by atoms with Crippen molar-refractivity contribution in [2.45, 2.75) is 38.6 Å². The monoisotopic (exact) mass is 357 g/mol. The molecule has 1 aliphatic rings. The second-order valence-corrected chi connectivity index (χ2v) is 6.64. The van der Waals surface area contributed by atoms with Crippen LogP contribution in [0.3, 0.4) is 0 Å². The number of aliphatic carboxylic acids is 1. The molecule has 0 unspecified atom stereocenters. The van der Waals surface area contributed by atoms with Gasteiger partial charge in [-0.05, 0) is 37.1 Å². The number of benzene rings is 1. The number of hydrogen-bond acceptors (Lipinski definition) is 3. The maximum absolute atomic E-state index is 12.3. The number of amides is 2. The molecule has 0 atom stereocenters. The molecule has 2 aromatic rings. The van der Waals surface area contributed by atoms with E-state index >= 15 is 0 Å². The van der Waals surface area contributed by atoms with Gasteiger partial charge in [0.2, 0.25) is 11.8 Å². The standard InChI is InChI=1S/C19H23N3O4/c23-17(12-22-9-4-2-1-3-5-18(22)24)20-15-6-7-16-14(11-15)8-10-21(16)13-19(25)26/h6-8,10-11H,1-5,9,12-13H2,(H,20,23)(H,25,26). The van der Waals surface area contributed by atoms with Crippen molar-refractivity contribution in [1.82, 2.24) is 9.47 Å². The number of carboxylic acids is 1. The molecular weight excluding hydrogens is 334 g/mol. The molecule has 2 heterocycles. The number of aromatic nitrogens is 1. The van der Waals surface area contributed by atoms with E-state index in [-0.39, 0.29) is 24.9 Å². The average Bonchev–Trinajstić information content (AvgIpc) is 2.96. The molecule has 138 valence electrons. The summed E-state index contributed by atoms with van der Waals surface area (Å²) < 4.78 is 1.64. The third kappa shape index (κ3) is 4.41. The Kier molecular flexibility index (Phi) is 5.55. The number of carbonyl (C=O) groups excluding carboxylic acids is 2. The normalized spacial score (nSPS) is 15.5. The topological polar surface area (TPSA) is 91.6 Å². The van der Waals surface area contributed by atoms with Gasteiger partial charge in [0.15, 0.2) is 0 Å². The summed E-state index contributed by atoms with van der Waals surface area (Å²) in [6.07, 6.45) is 6.21. The van der Waals surface area contributed by atoms with E-state index in [9.17, 15) is 14.4 Å². The first-order valence-electron chi connectivity index (χ1n) is 8.91. The number of rotatable bonds is 5. The van der Waals surface area contributed by atoms with Crippen LogP contribution in [0.4, 0.5) is 5.69 Å². The highest BCUT2D eigenvalue weighted by Crippen LogP contribution is 2.21. The van der Waals surface area contributed by atoms with E-state index in [0.29, 0.717) is 18.7 Å². The summed E-state index contributed by atoms with van der Waals surface area (Å²) in [4.78, 5) is 36.9. The van der Waals surface area contributed by atoms with Gasteiger partial charge in [0.05, 0.1) is 6.54 Å². The van der Waals surface area contributed by atoms with E-state index in [4.69, 9.17) is 5.11 Å². The van der Waals surface area contributed by atoms with Crippen LogP contribution >= 0.6 is 0 Å². The largest absolute Gasteiger partial charge is 0.480 e. The highest BCUT2D eigenvalue weighted by Gasteiger charge is 2.18. The van der Waals surface area contributed by atoms with Crippen LogP contribution < -0.4 is 5.32 Å². The van der Waals surface area contributed by atoms with Crippen LogP contribution in [0.1, 0.15) is 32.1 Å². The number of likely N-dealkylation sites (tertiary alicyclic amines) is 1. The molecule has 0 bridgehead atoms. The molecule has 1 aromatic carbocycles. The van der Waals surface area contributed by atoms with Gasteiger partial charge in [-0.2, -0.15) is 0 Å². The first-order chi connectivity index (χ1) is 12.5. The Labute approximate surface area is 151 Å². The SMILES string of the molecule is O=C(O)Cn1ccc2cc(NC(=O)CN3CCCCCCC3=O)ccc21. The molecule has 0 spiro atoms. The number of fused-ring (bicyclic) bond motifs is 1. The van der Waals surface area contributed by atoms with E-state index < -0.39 is 5.97 Å². The molecule has 0 radical (unpaired) electrons. The van der Waals surface area contributed by atoms with Gasteiger partial charge in [-0.25, -0.2) is 0 Å². The van der Waals surface area contributed by atoms with Crippen LogP contribution in [0, 0.1) is 0 Å². The molecule has 2 N–H and O–H groups in total. The average molecular weight is 357 g/mol. The highest BCUT2D eigenvalue weighted by molar-refractivity contribution is 5.96. The smallest absolute Gasteiger partial charge is 0.323 e. The zero-order valence-corrected chi connectivity index (χ0v) is 14.6. The molecule has 3 rings (SSSR count). The van der Waals surface area contributed by atoms with Gasteiger partial charge in [0.25, 0.3) is 0 Å². The fourth-order valence-corrected chi connectivity index (χ4v) is 3.32. The predicted molar refractivity (Wildman–Crippen MR) is 97.9 cm³/mol. The molecular formula is C19H23N3O4. The summed E-state index contributed by atoms with van der Waals surface area (Å²) in [6.45, 7) is 0.590. The van der Waals surface area contributed by atoms with Crippen LogP contribution in [0.2, 0.25) is 0 Å². The molecule has 2 amide bonds. The molecule has 1 aliphatic heterocycles. The van der Waals surface area contributed by atoms with Crippen molar-refractivity contribution >= 4 is 34.4 Å². The number of hydrogen-bond donors (Lipinski definition) is 2. The zero-order valence-electron chi connectivity index (χ0n) is 14.6. The van der Waals surface area contributed by atoms with Crippen molar-refractivity contribution < 1.29 is 19.5 Å². The first-order valence-corrected chi connectivity index (χ1v) is 8.91. The van der Waals surface area contributed by atoms with Crippen molar-refractivity contribution in [2.24, 2.45) is 0 Å². The Morgan fingerprint density at radius 2 is 1.88 bits per heavy atom. The fourth-order valence-electron chi connectivity index (χ4n) is 3.32. The number of anilines is 1. The van der Waals surface area contributed by atoms with Gasteiger partial charge in [-0.3, -0.25) is 14.4 Å². The van der Waals surface area contributed by atoms with Crippen LogP contribution in [0.15, 0.2) is 30.5 Å². The lowest BCUT2D eigenvalue weighted by Gasteiger charge is -2.24. The Morgan fingerprint density at radius 1 is 1.08 bits per heavy atom. The second-order valence-electron chi connectivity index (χ2n) is 6.64. The highest BCUT2D eigenvalue weighted by atomic mass is 16.4. The Balaban J connectivity index is 1.65. The molecule has 7 heteroatoms. The third-order valence-electron chi connectivity index (χ3n) is 4.62. The lowest BCUT2D eigenvalue weighted by atomic mass is 10.1. The van der Waals surface area contributed by atoms with E-state index in [1.807, 2.05) is 6.07 Å². The minimum absolute atomic E-state index is 0.0426. The van der Waals surface area contributed by atoms with Gasteiger partial charge < -0.3 is 19.9 Å². The van der Waals surface area contributed by atoms with Crippen molar-refractivity contribution in [3.63, 3.8) is 0 Å². The molecule has 0 saturated carbocycles. The maximum Gasteiger partial charge on any atom is 0.323 e. The van der Waals surface area contributed by atoms with Gasteiger partial charge in [-0.15, -0.1) is 0 Å². The Hall–Kier alpha value is -2.83. The number of nitrogens with zero attached hydrogens (tertiary/aromatic N) is 2. The van der Waals surface area contributed by atoms with Crippen molar-refractivity contribution in [3.05, 3.63) is 30.5 Å². The van der Waals surface area contributed by atoms with Crippen molar-refractivity contribution in [2.75, 3.05) is 18.4 Å². The minimum atomic E-state index is -0.905. The summed E-state index contributed by atoms with van der Waals surface area (Å²) in [5.41, 5.74) is 1.43. The molecule has 1 aromatic heterocycles.